The van der Waals surface area contributed by atoms with Crippen molar-refractivity contribution < 1.29 is 14.6 Å². The molecule has 0 aliphatic heterocycles. The van der Waals surface area contributed by atoms with E-state index in [1.165, 1.54) is 13.2 Å². The van der Waals surface area contributed by atoms with Gasteiger partial charge in [-0.2, -0.15) is 0 Å². The first kappa shape index (κ1) is 11.3. The van der Waals surface area contributed by atoms with E-state index in [4.69, 9.17) is 5.73 Å². The van der Waals surface area contributed by atoms with E-state index in [0.717, 1.165) is 5.56 Å². The fourth-order valence-electron chi connectivity index (χ4n) is 1.13. The van der Waals surface area contributed by atoms with Crippen molar-refractivity contribution in [2.24, 2.45) is 5.73 Å². The van der Waals surface area contributed by atoms with E-state index in [9.17, 15) is 9.90 Å². The zero-order valence-corrected chi connectivity index (χ0v) is 8.43. The van der Waals surface area contributed by atoms with Gasteiger partial charge in [0.25, 0.3) is 0 Å². The second kappa shape index (κ2) is 5.17. The van der Waals surface area contributed by atoms with E-state index in [0.29, 0.717) is 6.54 Å². The van der Waals surface area contributed by atoms with E-state index in [-0.39, 0.29) is 11.3 Å². The Balaban J connectivity index is 3.05. The van der Waals surface area contributed by atoms with E-state index < -0.39 is 5.97 Å². The summed E-state index contributed by atoms with van der Waals surface area (Å²) in [6.07, 6.45) is 3.53. The van der Waals surface area contributed by atoms with Gasteiger partial charge >= 0.3 is 5.97 Å². The molecule has 80 valence electrons. The average molecular weight is 207 g/mol. The van der Waals surface area contributed by atoms with Crippen molar-refractivity contribution >= 4 is 12.0 Å². The number of methoxy groups -OCH3 is 1. The molecular formula is C11H13NO3. The van der Waals surface area contributed by atoms with Gasteiger partial charge in [0.2, 0.25) is 0 Å². The first-order valence-corrected chi connectivity index (χ1v) is 4.47. The van der Waals surface area contributed by atoms with Crippen LogP contribution in [0.25, 0.3) is 6.08 Å². The summed E-state index contributed by atoms with van der Waals surface area (Å²) < 4.78 is 4.53. The lowest BCUT2D eigenvalue weighted by Gasteiger charge is -2.03. The summed E-state index contributed by atoms with van der Waals surface area (Å²) in [5.41, 5.74) is 6.24. The number of rotatable bonds is 3. The zero-order chi connectivity index (χ0) is 11.3. The molecule has 0 amide bonds. The number of nitrogens with two attached hydrogens (primary N) is 1. The summed E-state index contributed by atoms with van der Waals surface area (Å²) in [7, 11) is 1.27. The Morgan fingerprint density at radius 3 is 2.93 bits per heavy atom. The molecule has 0 atom stereocenters. The van der Waals surface area contributed by atoms with Gasteiger partial charge in [-0.3, -0.25) is 0 Å². The summed E-state index contributed by atoms with van der Waals surface area (Å²) in [6.45, 7) is 0.425. The molecule has 0 aliphatic rings. The molecule has 0 saturated heterocycles. The smallest absolute Gasteiger partial charge is 0.341 e. The minimum absolute atomic E-state index is 0.0910. The standard InChI is InChI=1S/C11H13NO3/c1-15-11(14)9-7-8(3-2-6-12)4-5-10(9)13/h2-5,7,13H,6,12H2,1H3/b3-2+. The summed E-state index contributed by atoms with van der Waals surface area (Å²) in [6, 6.07) is 4.68. The van der Waals surface area contributed by atoms with Crippen molar-refractivity contribution in [2.45, 2.75) is 0 Å². The number of aromatic hydroxyl groups is 1. The Morgan fingerprint density at radius 2 is 2.33 bits per heavy atom. The predicted molar refractivity (Wildman–Crippen MR) is 57.5 cm³/mol. The molecule has 1 aromatic carbocycles. The van der Waals surface area contributed by atoms with Crippen LogP contribution in [-0.2, 0) is 4.74 Å². The number of hydrogen-bond donors (Lipinski definition) is 2. The van der Waals surface area contributed by atoms with Crippen LogP contribution in [0.5, 0.6) is 5.75 Å². The summed E-state index contributed by atoms with van der Waals surface area (Å²) in [5, 5.41) is 9.41. The molecule has 3 N–H and O–H groups in total. The molecular weight excluding hydrogens is 194 g/mol. The van der Waals surface area contributed by atoms with Crippen molar-refractivity contribution in [3.8, 4) is 5.75 Å². The maximum Gasteiger partial charge on any atom is 0.341 e. The van der Waals surface area contributed by atoms with Crippen LogP contribution in [0.4, 0.5) is 0 Å². The van der Waals surface area contributed by atoms with Crippen LogP contribution in [0.1, 0.15) is 15.9 Å². The van der Waals surface area contributed by atoms with Crippen molar-refractivity contribution in [3.05, 3.63) is 35.4 Å². The Labute approximate surface area is 88.0 Å². The molecule has 0 saturated carbocycles. The summed E-state index contributed by atoms with van der Waals surface area (Å²) in [5.74, 6) is -0.651. The van der Waals surface area contributed by atoms with Crippen LogP contribution in [0, 0.1) is 0 Å². The van der Waals surface area contributed by atoms with Crippen molar-refractivity contribution in [3.63, 3.8) is 0 Å². The third-order valence-electron chi connectivity index (χ3n) is 1.87. The second-order valence-electron chi connectivity index (χ2n) is 2.91. The minimum atomic E-state index is -0.560. The Bertz CT molecular complexity index is 385. The van der Waals surface area contributed by atoms with Crippen LogP contribution in [0.2, 0.25) is 0 Å². The number of hydrogen-bond acceptors (Lipinski definition) is 4. The van der Waals surface area contributed by atoms with Crippen LogP contribution < -0.4 is 5.73 Å². The first-order chi connectivity index (χ1) is 7.19. The number of ether oxygens (including phenoxy) is 1. The van der Waals surface area contributed by atoms with Gasteiger partial charge in [0.1, 0.15) is 11.3 Å². The average Bonchev–Trinajstić information content (AvgIpc) is 2.27. The van der Waals surface area contributed by atoms with E-state index >= 15 is 0 Å². The van der Waals surface area contributed by atoms with Gasteiger partial charge in [0, 0.05) is 6.54 Å². The molecule has 4 heteroatoms. The maximum atomic E-state index is 11.2. The SMILES string of the molecule is COC(=O)c1cc(/C=C/CN)ccc1O. The van der Waals surface area contributed by atoms with E-state index in [1.807, 2.05) is 0 Å². The van der Waals surface area contributed by atoms with Gasteiger partial charge in [0.15, 0.2) is 0 Å². The van der Waals surface area contributed by atoms with Gasteiger partial charge in [-0.1, -0.05) is 18.2 Å². The second-order valence-corrected chi connectivity index (χ2v) is 2.91. The lowest BCUT2D eigenvalue weighted by Crippen LogP contribution is -2.01. The highest BCUT2D eigenvalue weighted by atomic mass is 16.5. The number of carbonyl (C=O) groups excluding carboxylic acids is 1. The van der Waals surface area contributed by atoms with Crippen LogP contribution in [0.15, 0.2) is 24.3 Å². The van der Waals surface area contributed by atoms with Crippen LogP contribution in [0.3, 0.4) is 0 Å². The third-order valence-corrected chi connectivity index (χ3v) is 1.87. The topological polar surface area (TPSA) is 72.5 Å². The highest BCUT2D eigenvalue weighted by Crippen LogP contribution is 2.19. The highest BCUT2D eigenvalue weighted by molar-refractivity contribution is 5.93. The van der Waals surface area contributed by atoms with Crippen LogP contribution in [-0.4, -0.2) is 24.7 Å². The molecule has 0 fully saturated rings. The number of esters is 1. The quantitative estimate of drug-likeness (QED) is 0.729. The molecule has 0 unspecified atom stereocenters. The molecule has 4 nitrogen and oxygen atoms in total. The van der Waals surface area contributed by atoms with Gasteiger partial charge in [-0.25, -0.2) is 4.79 Å². The Morgan fingerprint density at radius 1 is 1.60 bits per heavy atom. The highest BCUT2D eigenvalue weighted by Gasteiger charge is 2.10. The number of phenols is 1. The maximum absolute atomic E-state index is 11.2. The monoisotopic (exact) mass is 207 g/mol. The van der Waals surface area contributed by atoms with Crippen molar-refractivity contribution in [1.29, 1.82) is 0 Å². The number of carbonyl (C=O) groups is 1. The minimum Gasteiger partial charge on any atom is -0.507 e. The molecule has 15 heavy (non-hydrogen) atoms. The zero-order valence-electron chi connectivity index (χ0n) is 8.43. The Hall–Kier alpha value is -1.81. The molecule has 0 aliphatic carbocycles. The van der Waals surface area contributed by atoms with E-state index in [1.54, 1.807) is 24.3 Å². The molecule has 0 aromatic heterocycles. The molecule has 1 aromatic rings. The fraction of sp³-hybridized carbons (Fsp3) is 0.182. The van der Waals surface area contributed by atoms with Crippen molar-refractivity contribution in [2.75, 3.05) is 13.7 Å². The van der Waals surface area contributed by atoms with Gasteiger partial charge < -0.3 is 15.6 Å². The molecule has 1 rings (SSSR count). The normalized spacial score (nSPS) is 10.5. The number of benzene rings is 1. The molecule has 0 radical (unpaired) electrons. The predicted octanol–water partition coefficient (Wildman–Crippen LogP) is 1.15. The van der Waals surface area contributed by atoms with Gasteiger partial charge in [-0.05, 0) is 17.7 Å². The summed E-state index contributed by atoms with van der Waals surface area (Å²) in [4.78, 5) is 11.2. The Kier molecular flexibility index (Phi) is 3.88. The lowest BCUT2D eigenvalue weighted by atomic mass is 10.1. The fourth-order valence-corrected chi connectivity index (χ4v) is 1.13. The largest absolute Gasteiger partial charge is 0.507 e. The van der Waals surface area contributed by atoms with Gasteiger partial charge in [0.05, 0.1) is 7.11 Å². The first-order valence-electron chi connectivity index (χ1n) is 4.47. The molecule has 0 heterocycles. The third kappa shape index (κ3) is 2.82. The van der Waals surface area contributed by atoms with Gasteiger partial charge in [-0.15, -0.1) is 0 Å². The number of phenolic OH excluding ortho intramolecular Hbond substituents is 1. The van der Waals surface area contributed by atoms with Crippen LogP contribution >= 0.6 is 0 Å². The van der Waals surface area contributed by atoms with Crippen molar-refractivity contribution in [1.82, 2.24) is 0 Å². The molecule has 0 bridgehead atoms. The molecule has 0 spiro atoms. The lowest BCUT2D eigenvalue weighted by molar-refractivity contribution is 0.0597. The summed E-state index contributed by atoms with van der Waals surface area (Å²) >= 11 is 0. The van der Waals surface area contributed by atoms with E-state index in [2.05, 4.69) is 4.74 Å².